The molecule has 0 aliphatic rings. The van der Waals surface area contributed by atoms with Gasteiger partial charge in [-0.1, -0.05) is 18.2 Å². The molecule has 0 fully saturated rings. The van der Waals surface area contributed by atoms with E-state index in [1.54, 1.807) is 0 Å². The maximum absolute atomic E-state index is 11.5. The Kier molecular flexibility index (Phi) is 10.1. The van der Waals surface area contributed by atoms with Crippen molar-refractivity contribution >= 4 is 55.0 Å². The summed E-state index contributed by atoms with van der Waals surface area (Å²) >= 11 is 0. The van der Waals surface area contributed by atoms with Crippen LogP contribution in [0.4, 0.5) is 11.4 Å². The van der Waals surface area contributed by atoms with Gasteiger partial charge in [-0.25, -0.2) is 16.8 Å². The van der Waals surface area contributed by atoms with Crippen molar-refractivity contribution in [1.29, 1.82) is 0 Å². The molecular formula is C16H11BN2Na2O9S2. The van der Waals surface area contributed by atoms with E-state index < -0.39 is 48.6 Å². The fraction of sp³-hybridized carbons (Fsp3) is 0. The molecule has 16 heteroatoms. The first kappa shape index (κ1) is 29.2. The van der Waals surface area contributed by atoms with Gasteiger partial charge in [0.15, 0.2) is 5.75 Å². The maximum Gasteiger partial charge on any atom is 1.00 e. The smallest absolute Gasteiger partial charge is 0.744 e. The number of benzene rings is 3. The third kappa shape index (κ3) is 6.59. The second-order valence-electron chi connectivity index (χ2n) is 6.03. The van der Waals surface area contributed by atoms with Crippen molar-refractivity contribution in [1.82, 2.24) is 0 Å². The van der Waals surface area contributed by atoms with Crippen LogP contribution < -0.4 is 64.6 Å². The quantitative estimate of drug-likeness (QED) is 0.175. The molecule has 0 aliphatic heterocycles. The van der Waals surface area contributed by atoms with Gasteiger partial charge in [-0.3, -0.25) is 0 Å². The van der Waals surface area contributed by atoms with E-state index in [-0.39, 0.29) is 81.0 Å². The van der Waals surface area contributed by atoms with Gasteiger partial charge >= 0.3 is 66.2 Å². The Morgan fingerprint density at radius 2 is 1.41 bits per heavy atom. The monoisotopic (exact) mass is 496 g/mol. The predicted octanol–water partition coefficient (Wildman–Crippen LogP) is -5.54. The van der Waals surface area contributed by atoms with Gasteiger partial charge in [0.05, 0.1) is 15.5 Å². The van der Waals surface area contributed by atoms with Gasteiger partial charge in [-0.15, -0.1) is 5.11 Å². The summed E-state index contributed by atoms with van der Waals surface area (Å²) in [5, 5.41) is 35.9. The van der Waals surface area contributed by atoms with Gasteiger partial charge in [0.2, 0.25) is 0 Å². The molecule has 0 aromatic heterocycles. The number of aromatic hydroxyl groups is 1. The van der Waals surface area contributed by atoms with Crippen LogP contribution >= 0.6 is 0 Å². The molecule has 0 spiro atoms. The molecular weight excluding hydrogens is 485 g/mol. The van der Waals surface area contributed by atoms with Crippen molar-refractivity contribution < 1.29 is 100 Å². The Morgan fingerprint density at radius 3 is 1.91 bits per heavy atom. The molecule has 3 aromatic rings. The molecule has 0 aliphatic carbocycles. The van der Waals surface area contributed by atoms with Crippen LogP contribution in [0.15, 0.2) is 68.6 Å². The van der Waals surface area contributed by atoms with Gasteiger partial charge in [-0.05, 0) is 41.2 Å². The van der Waals surface area contributed by atoms with Crippen molar-refractivity contribution in [2.45, 2.75) is 9.79 Å². The van der Waals surface area contributed by atoms with Gasteiger partial charge in [-0.2, -0.15) is 5.11 Å². The fourth-order valence-corrected chi connectivity index (χ4v) is 3.71. The van der Waals surface area contributed by atoms with Crippen molar-refractivity contribution in [2.24, 2.45) is 10.2 Å². The molecule has 0 radical (unpaired) electrons. The van der Waals surface area contributed by atoms with Crippen LogP contribution in [0, 0.1) is 0 Å². The second kappa shape index (κ2) is 11.0. The zero-order valence-corrected chi connectivity index (χ0v) is 22.3. The first-order valence-corrected chi connectivity index (χ1v) is 10.8. The van der Waals surface area contributed by atoms with E-state index in [0.717, 1.165) is 24.3 Å². The summed E-state index contributed by atoms with van der Waals surface area (Å²) in [7, 11) is -11.7. The molecule has 0 unspecified atom stereocenters. The van der Waals surface area contributed by atoms with E-state index in [1.165, 1.54) is 24.3 Å². The van der Waals surface area contributed by atoms with Gasteiger partial charge < -0.3 is 24.3 Å². The summed E-state index contributed by atoms with van der Waals surface area (Å²) in [5.41, 5.74) is -0.0859. The molecule has 0 amide bonds. The summed E-state index contributed by atoms with van der Waals surface area (Å²) in [5.74, 6) is -0.999. The minimum absolute atomic E-state index is 0. The Hall–Kier alpha value is -0.875. The van der Waals surface area contributed by atoms with E-state index in [2.05, 4.69) is 10.2 Å². The summed E-state index contributed by atoms with van der Waals surface area (Å²) in [6, 6.07) is 9.01. The molecule has 156 valence electrons. The first-order chi connectivity index (χ1) is 13.9. The van der Waals surface area contributed by atoms with E-state index in [4.69, 9.17) is 10.0 Å². The number of hydrogen-bond acceptors (Lipinski definition) is 11. The third-order valence-corrected chi connectivity index (χ3v) is 5.72. The number of phenolic OH excluding ortho intramolecular Hbond substituents is 1. The number of nitrogens with zero attached hydrogens (tertiary/aromatic N) is 2. The average Bonchev–Trinajstić information content (AvgIpc) is 2.65. The molecule has 0 atom stereocenters. The first-order valence-electron chi connectivity index (χ1n) is 7.97. The van der Waals surface area contributed by atoms with Crippen molar-refractivity contribution in [3.8, 4) is 5.75 Å². The molecule has 32 heavy (non-hydrogen) atoms. The minimum Gasteiger partial charge on any atom is -0.744 e. The van der Waals surface area contributed by atoms with Crippen LogP contribution in [0.5, 0.6) is 5.75 Å². The number of rotatable bonds is 5. The average molecular weight is 496 g/mol. The van der Waals surface area contributed by atoms with Crippen molar-refractivity contribution in [2.75, 3.05) is 0 Å². The van der Waals surface area contributed by atoms with Crippen molar-refractivity contribution in [3.63, 3.8) is 0 Å². The van der Waals surface area contributed by atoms with Crippen LogP contribution in [0.25, 0.3) is 10.8 Å². The van der Waals surface area contributed by atoms with E-state index in [9.17, 15) is 31.0 Å². The van der Waals surface area contributed by atoms with E-state index >= 15 is 0 Å². The second-order valence-corrected chi connectivity index (χ2v) is 8.76. The van der Waals surface area contributed by atoms with Gasteiger partial charge in [0.1, 0.15) is 25.9 Å². The Morgan fingerprint density at radius 1 is 0.812 bits per heavy atom. The van der Waals surface area contributed by atoms with Gasteiger partial charge in [0.25, 0.3) is 0 Å². The van der Waals surface area contributed by atoms with E-state index in [1.807, 2.05) is 0 Å². The minimum atomic E-state index is -5.18. The van der Waals surface area contributed by atoms with Crippen LogP contribution in [0.1, 0.15) is 0 Å². The normalized spacial score (nSPS) is 11.8. The van der Waals surface area contributed by atoms with E-state index in [0.29, 0.717) is 0 Å². The van der Waals surface area contributed by atoms with Crippen LogP contribution in [0.2, 0.25) is 0 Å². The molecule has 3 rings (SSSR count). The zero-order chi connectivity index (χ0) is 22.3. The molecule has 3 N–H and O–H groups in total. The van der Waals surface area contributed by atoms with Gasteiger partial charge in [0, 0.05) is 5.39 Å². The zero-order valence-electron chi connectivity index (χ0n) is 16.7. The molecule has 0 saturated carbocycles. The largest absolute Gasteiger partial charge is 1.00 e. The Bertz CT molecular complexity index is 1380. The third-order valence-electron chi connectivity index (χ3n) is 4.04. The fourth-order valence-electron chi connectivity index (χ4n) is 2.60. The van der Waals surface area contributed by atoms with Crippen LogP contribution in [0.3, 0.4) is 0 Å². The summed E-state index contributed by atoms with van der Waals surface area (Å²) in [6.07, 6.45) is 0. The molecule has 11 nitrogen and oxygen atoms in total. The predicted molar refractivity (Wildman–Crippen MR) is 102 cm³/mol. The Balaban J connectivity index is 0.00000256. The summed E-state index contributed by atoms with van der Waals surface area (Å²) < 4.78 is 68.2. The van der Waals surface area contributed by atoms with Crippen molar-refractivity contribution in [3.05, 3.63) is 48.5 Å². The molecule has 0 bridgehead atoms. The van der Waals surface area contributed by atoms with Crippen LogP contribution in [-0.2, 0) is 20.2 Å². The van der Waals surface area contributed by atoms with Crippen LogP contribution in [-0.4, -0.2) is 48.2 Å². The molecule has 0 heterocycles. The molecule has 0 saturated heterocycles. The molecule has 3 aromatic carbocycles. The summed E-state index contributed by atoms with van der Waals surface area (Å²) in [4.78, 5) is -1.74. The number of hydrogen-bond donors (Lipinski definition) is 3. The number of phenols is 1. The SMILES string of the molecule is O=S(=O)([O-])c1ccc2c(N=Nc3ccc(B(O)O)cc3)c(O)c(S(=O)(=O)[O-])cc2c1.[Na+].[Na+]. The number of azo groups is 1. The number of fused-ring (bicyclic) bond motifs is 1. The Labute approximate surface area is 227 Å². The maximum atomic E-state index is 11.5. The topological polar surface area (TPSA) is 200 Å². The standard InChI is InChI=1S/C16H13BN2O9S2.2Na/c20-16-14(30(26,27)28)8-9-7-12(29(23,24)25)5-6-13(9)15(16)19-18-11-3-1-10(2-4-11)17(21)22;;/h1-8,20-22H,(H,23,24,25)(H,26,27,28);;/q;2*+1/p-2. The summed E-state index contributed by atoms with van der Waals surface area (Å²) in [6.45, 7) is 0.